The fraction of sp³-hybridized carbons (Fsp3) is 0.250. The van der Waals surface area contributed by atoms with Crippen LogP contribution in [0.5, 0.6) is 0 Å². The maximum atomic E-state index is 13.7. The van der Waals surface area contributed by atoms with Crippen molar-refractivity contribution >= 4 is 31.8 Å². The van der Waals surface area contributed by atoms with Gasteiger partial charge in [0.15, 0.2) is 0 Å². The molecule has 1 unspecified atom stereocenters. The standard InChI is InChI=1S/C8H4BrF8NO2S/c9-7(10,8(11,12)21(13,14,15,16)17)5-1-3-6(4-2-5)18(19)20/h1-4H. The van der Waals surface area contributed by atoms with Crippen molar-refractivity contribution in [2.75, 3.05) is 0 Å². The van der Waals surface area contributed by atoms with Crippen LogP contribution in [0.15, 0.2) is 24.3 Å². The first kappa shape index (κ1) is 17.9. The van der Waals surface area contributed by atoms with E-state index in [4.69, 9.17) is 0 Å². The van der Waals surface area contributed by atoms with Crippen LogP contribution in [0, 0.1) is 10.1 Å². The summed E-state index contributed by atoms with van der Waals surface area (Å²) in [6.07, 6.45) is 0. The molecule has 21 heavy (non-hydrogen) atoms. The average molecular weight is 410 g/mol. The summed E-state index contributed by atoms with van der Waals surface area (Å²) in [6, 6.07) is 1.13. The van der Waals surface area contributed by atoms with E-state index in [1.54, 1.807) is 0 Å². The lowest BCUT2D eigenvalue weighted by atomic mass is 10.1. The fourth-order valence-corrected chi connectivity index (χ4v) is 2.99. The number of halogens is 9. The molecular weight excluding hydrogens is 406 g/mol. The molecular formula is C8H4BrF8NO2S. The monoisotopic (exact) mass is 409 g/mol. The lowest BCUT2D eigenvalue weighted by molar-refractivity contribution is -0.384. The average Bonchev–Trinajstić information content (AvgIpc) is 2.25. The number of non-ortho nitro benzene ring substituents is 1. The van der Waals surface area contributed by atoms with Crippen LogP contribution in [-0.4, -0.2) is 10.2 Å². The predicted octanol–water partition coefficient (Wildman–Crippen LogP) is 6.00. The number of nitro benzene ring substituents is 1. The van der Waals surface area contributed by atoms with Gasteiger partial charge in [0.05, 0.1) is 4.92 Å². The van der Waals surface area contributed by atoms with Crippen molar-refractivity contribution in [1.82, 2.24) is 0 Å². The molecule has 1 atom stereocenters. The van der Waals surface area contributed by atoms with Crippen LogP contribution in [0.2, 0.25) is 0 Å². The zero-order chi connectivity index (χ0) is 17.0. The summed E-state index contributed by atoms with van der Waals surface area (Å²) in [5.74, 6) is 0. The normalized spacial score (nSPS) is 19.3. The van der Waals surface area contributed by atoms with Crippen LogP contribution in [0.4, 0.5) is 38.3 Å². The molecule has 13 heteroatoms. The Morgan fingerprint density at radius 1 is 1.00 bits per heavy atom. The molecule has 0 spiro atoms. The number of nitro groups is 1. The van der Waals surface area contributed by atoms with Crippen molar-refractivity contribution in [3.8, 4) is 0 Å². The van der Waals surface area contributed by atoms with Gasteiger partial charge in [-0.1, -0.05) is 19.4 Å². The molecule has 0 aliphatic rings. The van der Waals surface area contributed by atoms with E-state index < -0.39 is 36.2 Å². The van der Waals surface area contributed by atoms with Gasteiger partial charge in [0, 0.05) is 17.7 Å². The highest BCUT2D eigenvalue weighted by molar-refractivity contribution is 9.09. The van der Waals surface area contributed by atoms with Crippen molar-refractivity contribution < 1.29 is 37.5 Å². The highest BCUT2D eigenvalue weighted by Crippen LogP contribution is 3.06. The molecule has 0 aromatic heterocycles. The van der Waals surface area contributed by atoms with Gasteiger partial charge in [-0.3, -0.25) is 10.1 Å². The van der Waals surface area contributed by atoms with Gasteiger partial charge in [-0.05, 0) is 28.1 Å². The van der Waals surface area contributed by atoms with Gasteiger partial charge in [0.2, 0.25) is 0 Å². The van der Waals surface area contributed by atoms with Crippen molar-refractivity contribution in [2.45, 2.75) is 9.83 Å². The number of benzene rings is 1. The third-order valence-electron chi connectivity index (χ3n) is 2.29. The Morgan fingerprint density at radius 2 is 1.38 bits per heavy atom. The summed E-state index contributed by atoms with van der Waals surface area (Å²) in [7, 11) is -11.5. The molecule has 3 nitrogen and oxygen atoms in total. The van der Waals surface area contributed by atoms with Crippen LogP contribution >= 0.6 is 26.2 Å². The minimum absolute atomic E-state index is 0.171. The predicted molar refractivity (Wildman–Crippen MR) is 62.9 cm³/mol. The topological polar surface area (TPSA) is 43.1 Å². The highest BCUT2D eigenvalue weighted by Gasteiger charge is 2.90. The first-order valence-electron chi connectivity index (χ1n) is 4.64. The highest BCUT2D eigenvalue weighted by atomic mass is 79.9. The maximum absolute atomic E-state index is 13.7. The molecule has 0 aliphatic heterocycles. The van der Waals surface area contributed by atoms with Gasteiger partial charge < -0.3 is 0 Å². The molecule has 0 bridgehead atoms. The van der Waals surface area contributed by atoms with E-state index in [2.05, 4.69) is 0 Å². The SMILES string of the molecule is O=[N+]([O-])c1ccc(C(F)(Br)C(F)(F)S(F)(F)(F)(F)F)cc1. The van der Waals surface area contributed by atoms with Gasteiger partial charge in [0.1, 0.15) is 0 Å². The Kier molecular flexibility index (Phi) is 3.41. The quantitative estimate of drug-likeness (QED) is 0.264. The molecule has 0 radical (unpaired) electrons. The van der Waals surface area contributed by atoms with Crippen LogP contribution in [0.1, 0.15) is 5.56 Å². The fourth-order valence-electron chi connectivity index (χ4n) is 1.20. The molecule has 1 aromatic rings. The lowest BCUT2D eigenvalue weighted by Gasteiger charge is -2.49. The van der Waals surface area contributed by atoms with E-state index in [0.717, 1.165) is 0 Å². The molecule has 1 aromatic carbocycles. The van der Waals surface area contributed by atoms with Crippen molar-refractivity contribution in [3.63, 3.8) is 0 Å². The first-order valence-corrected chi connectivity index (χ1v) is 7.39. The van der Waals surface area contributed by atoms with Gasteiger partial charge in [-0.15, -0.1) is 0 Å². The zero-order valence-electron chi connectivity index (χ0n) is 9.38. The molecule has 1 rings (SSSR count). The van der Waals surface area contributed by atoms with Gasteiger partial charge >= 0.3 is 15.5 Å². The summed E-state index contributed by atoms with van der Waals surface area (Å²) in [6.45, 7) is 0. The molecule has 0 amide bonds. The smallest absolute Gasteiger partial charge is 0.258 e. The van der Waals surface area contributed by atoms with Crippen LogP contribution in [-0.2, 0) is 4.58 Å². The molecule has 0 fully saturated rings. The van der Waals surface area contributed by atoms with E-state index in [0.29, 0.717) is 12.1 Å². The largest absolute Gasteiger partial charge is 0.427 e. The third kappa shape index (κ3) is 2.93. The Labute approximate surface area is 119 Å². The third-order valence-corrected chi connectivity index (χ3v) is 4.76. The van der Waals surface area contributed by atoms with E-state index in [9.17, 15) is 42.7 Å². The first-order chi connectivity index (χ1) is 8.91. The van der Waals surface area contributed by atoms with Crippen molar-refractivity contribution in [3.05, 3.63) is 39.9 Å². The van der Waals surface area contributed by atoms with Crippen molar-refractivity contribution in [2.24, 2.45) is 0 Å². The maximum Gasteiger partial charge on any atom is 0.427 e. The van der Waals surface area contributed by atoms with E-state index in [1.165, 1.54) is 15.9 Å². The Balaban J connectivity index is 3.44. The second kappa shape index (κ2) is 4.00. The van der Waals surface area contributed by atoms with Crippen LogP contribution < -0.4 is 0 Å². The number of hydrogen-bond acceptors (Lipinski definition) is 2. The van der Waals surface area contributed by atoms with E-state index in [1.807, 2.05) is 0 Å². The summed E-state index contributed by atoms with van der Waals surface area (Å²) in [4.78, 5) is 9.24. The molecule has 122 valence electrons. The van der Waals surface area contributed by atoms with E-state index in [-0.39, 0.29) is 12.1 Å². The number of alkyl halides is 4. The van der Waals surface area contributed by atoms with Crippen LogP contribution in [0.25, 0.3) is 0 Å². The minimum Gasteiger partial charge on any atom is -0.258 e. The zero-order valence-corrected chi connectivity index (χ0v) is 11.8. The van der Waals surface area contributed by atoms with E-state index >= 15 is 0 Å². The molecule has 0 N–H and O–H groups in total. The van der Waals surface area contributed by atoms with Gasteiger partial charge in [-0.2, -0.15) is 8.78 Å². The Bertz CT molecular complexity index is 584. The second-order valence-corrected chi connectivity index (χ2v) is 7.41. The molecule has 0 aliphatic carbocycles. The Morgan fingerprint density at radius 3 is 1.67 bits per heavy atom. The molecule has 0 saturated heterocycles. The van der Waals surface area contributed by atoms with Crippen LogP contribution in [0.3, 0.4) is 0 Å². The second-order valence-electron chi connectivity index (χ2n) is 3.86. The molecule has 0 saturated carbocycles. The lowest BCUT2D eigenvalue weighted by Crippen LogP contribution is -2.46. The minimum atomic E-state index is -11.5. The summed E-state index contributed by atoms with van der Waals surface area (Å²) in [5, 5.41) is 3.24. The Hall–Kier alpha value is -1.11. The van der Waals surface area contributed by atoms with Gasteiger partial charge in [-0.25, -0.2) is 4.39 Å². The van der Waals surface area contributed by atoms with Crippen molar-refractivity contribution in [1.29, 1.82) is 0 Å². The summed E-state index contributed by atoms with van der Waals surface area (Å²) < 4.78 is 96.1. The van der Waals surface area contributed by atoms with Gasteiger partial charge in [0.25, 0.3) is 10.3 Å². The number of nitrogens with zero attached hydrogens (tertiary/aromatic N) is 1. The molecule has 0 heterocycles. The summed E-state index contributed by atoms with van der Waals surface area (Å²) >= 11 is 1.32. The number of rotatable bonds is 4. The summed E-state index contributed by atoms with van der Waals surface area (Å²) in [5.41, 5.74) is -2.30. The number of hydrogen-bond donors (Lipinski definition) is 0.